The Hall–Kier alpha value is -2.54. The number of allylic oxidation sites excluding steroid dienone is 3. The first-order valence-electron chi connectivity index (χ1n) is 8.44. The van der Waals surface area contributed by atoms with Crippen LogP contribution in [0.4, 0.5) is 8.78 Å². The van der Waals surface area contributed by atoms with Crippen LogP contribution in [0.2, 0.25) is 0 Å². The van der Waals surface area contributed by atoms with Gasteiger partial charge in [0.25, 0.3) is 0 Å². The fourth-order valence-electron chi connectivity index (χ4n) is 3.68. The molecule has 0 bridgehead atoms. The van der Waals surface area contributed by atoms with E-state index in [1.807, 2.05) is 6.08 Å². The molecule has 0 saturated heterocycles. The summed E-state index contributed by atoms with van der Waals surface area (Å²) in [4.78, 5) is 12.0. The smallest absolute Gasteiger partial charge is 0.191 e. The molecule has 2 aliphatic carbocycles. The zero-order valence-electron chi connectivity index (χ0n) is 13.9. The van der Waals surface area contributed by atoms with Gasteiger partial charge in [-0.25, -0.2) is 8.78 Å². The summed E-state index contributed by atoms with van der Waals surface area (Å²) < 4.78 is 27.3. The fraction of sp³-hybridized carbons (Fsp3) is 0.333. The number of benzene rings is 1. The molecule has 25 heavy (non-hydrogen) atoms. The number of nitroso groups, excluding NO2 is 1. The summed E-state index contributed by atoms with van der Waals surface area (Å²) >= 11 is 0. The first-order valence-corrected chi connectivity index (χ1v) is 8.44. The SMILES string of the molecule is C=CCC1CCC2=CCCC=C2C1(C#Cc1cc(F)ccc1F)N=O. The molecule has 0 radical (unpaired) electrons. The van der Waals surface area contributed by atoms with Gasteiger partial charge in [0, 0.05) is 5.92 Å². The Balaban J connectivity index is 2.12. The van der Waals surface area contributed by atoms with Gasteiger partial charge in [0.15, 0.2) is 5.54 Å². The second kappa shape index (κ2) is 7.14. The highest BCUT2D eigenvalue weighted by atomic mass is 19.1. The van der Waals surface area contributed by atoms with Crippen LogP contribution in [0.5, 0.6) is 0 Å². The summed E-state index contributed by atoms with van der Waals surface area (Å²) in [5, 5.41) is 3.43. The van der Waals surface area contributed by atoms with E-state index < -0.39 is 17.2 Å². The summed E-state index contributed by atoms with van der Waals surface area (Å²) in [6.07, 6.45) is 9.90. The predicted octanol–water partition coefficient (Wildman–Crippen LogP) is 5.45. The zero-order chi connectivity index (χ0) is 17.9. The van der Waals surface area contributed by atoms with E-state index in [1.54, 1.807) is 6.08 Å². The van der Waals surface area contributed by atoms with E-state index >= 15 is 0 Å². The Bertz CT molecular complexity index is 828. The van der Waals surface area contributed by atoms with Crippen LogP contribution in [0, 0.1) is 34.3 Å². The lowest BCUT2D eigenvalue weighted by atomic mass is 9.65. The van der Waals surface area contributed by atoms with Gasteiger partial charge in [-0.2, -0.15) is 0 Å². The standard InChI is InChI=1S/C21H19F2NO/c1-2-5-17-9-8-15-6-3-4-7-19(15)21(17,24-25)13-12-16-14-18(22)10-11-20(16)23/h2,6-7,10-11,14,17H,1,3-5,8-9H2. The second-order valence-corrected chi connectivity index (χ2v) is 6.42. The van der Waals surface area contributed by atoms with Crippen LogP contribution in [0.25, 0.3) is 0 Å². The fourth-order valence-corrected chi connectivity index (χ4v) is 3.68. The molecule has 0 amide bonds. The molecule has 2 atom stereocenters. The van der Waals surface area contributed by atoms with Crippen LogP contribution >= 0.6 is 0 Å². The number of halogens is 2. The van der Waals surface area contributed by atoms with Crippen molar-refractivity contribution in [2.24, 2.45) is 11.1 Å². The Kier molecular flexibility index (Phi) is 4.94. The molecule has 1 aromatic carbocycles. The topological polar surface area (TPSA) is 29.4 Å². The Morgan fingerprint density at radius 2 is 2.12 bits per heavy atom. The maximum absolute atomic E-state index is 13.9. The average molecular weight is 339 g/mol. The van der Waals surface area contributed by atoms with Gasteiger partial charge < -0.3 is 0 Å². The summed E-state index contributed by atoms with van der Waals surface area (Å²) in [6, 6.07) is 3.12. The Morgan fingerprint density at radius 3 is 2.88 bits per heavy atom. The first-order chi connectivity index (χ1) is 12.1. The quantitative estimate of drug-likeness (QED) is 0.409. The van der Waals surface area contributed by atoms with Crippen LogP contribution in [-0.2, 0) is 0 Å². The minimum Gasteiger partial charge on any atom is -0.207 e. The number of fused-ring (bicyclic) bond motifs is 1. The van der Waals surface area contributed by atoms with Crippen molar-refractivity contribution in [3.05, 3.63) is 76.3 Å². The van der Waals surface area contributed by atoms with Crippen molar-refractivity contribution in [1.82, 2.24) is 0 Å². The van der Waals surface area contributed by atoms with Crippen molar-refractivity contribution in [3.8, 4) is 11.8 Å². The Morgan fingerprint density at radius 1 is 1.32 bits per heavy atom. The molecule has 3 rings (SSSR count). The number of hydrogen-bond acceptors (Lipinski definition) is 2. The molecule has 0 spiro atoms. The molecule has 0 N–H and O–H groups in total. The van der Waals surface area contributed by atoms with Crippen molar-refractivity contribution in [3.63, 3.8) is 0 Å². The second-order valence-electron chi connectivity index (χ2n) is 6.42. The summed E-state index contributed by atoms with van der Waals surface area (Å²) in [5.41, 5.74) is 0.626. The van der Waals surface area contributed by atoms with E-state index in [0.29, 0.717) is 6.42 Å². The van der Waals surface area contributed by atoms with Crippen LogP contribution in [0.3, 0.4) is 0 Å². The number of nitrogens with zero attached hydrogens (tertiary/aromatic N) is 1. The highest BCUT2D eigenvalue weighted by Gasteiger charge is 2.46. The van der Waals surface area contributed by atoms with Gasteiger partial charge >= 0.3 is 0 Å². The normalized spacial score (nSPS) is 25.0. The van der Waals surface area contributed by atoms with Crippen molar-refractivity contribution in [2.45, 2.75) is 37.6 Å². The molecular formula is C21H19F2NO. The van der Waals surface area contributed by atoms with Gasteiger partial charge in [0.05, 0.1) is 5.56 Å². The molecule has 1 saturated carbocycles. The third-order valence-corrected chi connectivity index (χ3v) is 4.93. The van der Waals surface area contributed by atoms with Crippen LogP contribution in [0.1, 0.15) is 37.7 Å². The van der Waals surface area contributed by atoms with Gasteiger partial charge in [-0.05, 0) is 66.6 Å². The van der Waals surface area contributed by atoms with Gasteiger partial charge in [0.2, 0.25) is 0 Å². The van der Waals surface area contributed by atoms with Crippen molar-refractivity contribution < 1.29 is 8.78 Å². The van der Waals surface area contributed by atoms with E-state index in [1.165, 1.54) is 0 Å². The number of hydrogen-bond donors (Lipinski definition) is 0. The van der Waals surface area contributed by atoms with Crippen molar-refractivity contribution >= 4 is 0 Å². The van der Waals surface area contributed by atoms with Crippen LogP contribution in [0.15, 0.2) is 59.3 Å². The summed E-state index contributed by atoms with van der Waals surface area (Å²) in [5.74, 6) is 4.29. The summed E-state index contributed by atoms with van der Waals surface area (Å²) in [7, 11) is 0. The highest BCUT2D eigenvalue weighted by Crippen LogP contribution is 2.47. The van der Waals surface area contributed by atoms with E-state index in [9.17, 15) is 13.7 Å². The largest absolute Gasteiger partial charge is 0.207 e. The molecule has 0 aromatic heterocycles. The van der Waals surface area contributed by atoms with E-state index in [0.717, 1.165) is 55.0 Å². The predicted molar refractivity (Wildman–Crippen MR) is 94.7 cm³/mol. The van der Waals surface area contributed by atoms with Crippen LogP contribution in [-0.4, -0.2) is 5.54 Å². The third-order valence-electron chi connectivity index (χ3n) is 4.93. The molecule has 1 aromatic rings. The Labute approximate surface area is 146 Å². The van der Waals surface area contributed by atoms with Gasteiger partial charge in [0.1, 0.15) is 11.6 Å². The lowest BCUT2D eigenvalue weighted by Crippen LogP contribution is -2.41. The molecule has 2 unspecified atom stereocenters. The average Bonchev–Trinajstić information content (AvgIpc) is 2.63. The van der Waals surface area contributed by atoms with E-state index in [-0.39, 0.29) is 11.5 Å². The van der Waals surface area contributed by atoms with Gasteiger partial charge in [-0.1, -0.05) is 30.1 Å². The lowest BCUT2D eigenvalue weighted by molar-refractivity contribution is 0.342. The molecule has 1 fully saturated rings. The third kappa shape index (κ3) is 3.19. The molecule has 2 aliphatic rings. The van der Waals surface area contributed by atoms with E-state index in [4.69, 9.17) is 0 Å². The van der Waals surface area contributed by atoms with Crippen LogP contribution < -0.4 is 0 Å². The monoisotopic (exact) mass is 339 g/mol. The minimum absolute atomic E-state index is 0.0621. The molecule has 0 heterocycles. The van der Waals surface area contributed by atoms with Crippen molar-refractivity contribution in [1.29, 1.82) is 0 Å². The first kappa shape index (κ1) is 17.3. The molecule has 128 valence electrons. The lowest BCUT2D eigenvalue weighted by Gasteiger charge is -2.39. The molecule has 2 nitrogen and oxygen atoms in total. The zero-order valence-corrected chi connectivity index (χ0v) is 13.9. The number of rotatable bonds is 3. The highest BCUT2D eigenvalue weighted by molar-refractivity contribution is 5.53. The maximum Gasteiger partial charge on any atom is 0.191 e. The van der Waals surface area contributed by atoms with E-state index in [2.05, 4.69) is 29.7 Å². The van der Waals surface area contributed by atoms with Gasteiger partial charge in [-0.3, -0.25) is 0 Å². The molecule has 4 heteroatoms. The molecular weight excluding hydrogens is 320 g/mol. The maximum atomic E-state index is 13.9. The minimum atomic E-state index is -1.24. The van der Waals surface area contributed by atoms with Crippen molar-refractivity contribution in [2.75, 3.05) is 0 Å². The molecule has 0 aliphatic heterocycles. The van der Waals surface area contributed by atoms with Gasteiger partial charge in [-0.15, -0.1) is 11.5 Å². The summed E-state index contributed by atoms with van der Waals surface area (Å²) in [6.45, 7) is 3.77.